The molecule has 0 aliphatic heterocycles. The fourth-order valence-corrected chi connectivity index (χ4v) is 3.89. The molecule has 0 fully saturated rings. The van der Waals surface area contributed by atoms with Crippen molar-refractivity contribution in [3.63, 3.8) is 0 Å². The van der Waals surface area contributed by atoms with Crippen molar-refractivity contribution in [3.05, 3.63) is 57.6 Å². The van der Waals surface area contributed by atoms with E-state index in [2.05, 4.69) is 5.32 Å². The number of halogens is 2. The highest BCUT2D eigenvalue weighted by Gasteiger charge is 2.24. The number of rotatable bonds is 6. The second kappa shape index (κ2) is 8.29. The number of benzene rings is 2. The van der Waals surface area contributed by atoms with Crippen molar-refractivity contribution in [2.24, 2.45) is 0 Å². The summed E-state index contributed by atoms with van der Waals surface area (Å²) in [6.45, 7) is 3.46. The first-order valence-electron chi connectivity index (χ1n) is 7.95. The van der Waals surface area contributed by atoms with Gasteiger partial charge in [-0.15, -0.1) is 0 Å². The molecule has 5 nitrogen and oxygen atoms in total. The maximum absolute atomic E-state index is 12.6. The molecule has 0 unspecified atom stereocenters. The van der Waals surface area contributed by atoms with Crippen molar-refractivity contribution in [2.75, 3.05) is 22.4 Å². The molecule has 0 atom stereocenters. The maximum atomic E-state index is 12.6. The highest BCUT2D eigenvalue weighted by Crippen LogP contribution is 2.33. The van der Waals surface area contributed by atoms with Crippen LogP contribution in [0, 0.1) is 6.92 Å². The van der Waals surface area contributed by atoms with E-state index in [9.17, 15) is 13.2 Å². The number of nitrogens with one attached hydrogen (secondary N) is 1. The van der Waals surface area contributed by atoms with Gasteiger partial charge in [0.25, 0.3) is 0 Å². The van der Waals surface area contributed by atoms with Crippen molar-refractivity contribution in [1.29, 1.82) is 0 Å². The fourth-order valence-electron chi connectivity index (χ4n) is 2.58. The Balaban J connectivity index is 2.33. The second-order valence-electron chi connectivity index (χ2n) is 5.85. The van der Waals surface area contributed by atoms with E-state index >= 15 is 0 Å². The minimum Gasteiger partial charge on any atom is -0.324 e. The summed E-state index contributed by atoms with van der Waals surface area (Å²) in [5, 5.41) is 3.11. The van der Waals surface area contributed by atoms with Gasteiger partial charge in [-0.1, -0.05) is 54.4 Å². The predicted octanol–water partition coefficient (Wildman–Crippen LogP) is 4.27. The molecule has 1 amide bonds. The largest absolute Gasteiger partial charge is 0.324 e. The van der Waals surface area contributed by atoms with Gasteiger partial charge < -0.3 is 5.32 Å². The highest BCUT2D eigenvalue weighted by molar-refractivity contribution is 7.92. The summed E-state index contributed by atoms with van der Waals surface area (Å²) >= 11 is 12.1. The van der Waals surface area contributed by atoms with E-state index < -0.39 is 22.5 Å². The molecule has 26 heavy (non-hydrogen) atoms. The summed E-state index contributed by atoms with van der Waals surface area (Å²) in [6.07, 6.45) is 1.76. The molecule has 1 N–H and O–H groups in total. The van der Waals surface area contributed by atoms with Gasteiger partial charge in [-0.2, -0.15) is 0 Å². The van der Waals surface area contributed by atoms with Gasteiger partial charge in [0.15, 0.2) is 0 Å². The van der Waals surface area contributed by atoms with Crippen molar-refractivity contribution in [1.82, 2.24) is 0 Å². The lowest BCUT2D eigenvalue weighted by molar-refractivity contribution is -0.114. The van der Waals surface area contributed by atoms with Gasteiger partial charge in [-0.05, 0) is 36.6 Å². The van der Waals surface area contributed by atoms with Crippen LogP contribution in [0.2, 0.25) is 10.0 Å². The average Bonchev–Trinajstić information content (AvgIpc) is 2.56. The van der Waals surface area contributed by atoms with Crippen molar-refractivity contribution in [3.8, 4) is 0 Å². The number of anilines is 2. The Labute approximate surface area is 164 Å². The van der Waals surface area contributed by atoms with Crippen LogP contribution in [0.4, 0.5) is 11.4 Å². The zero-order valence-corrected chi connectivity index (χ0v) is 17.0. The molecular formula is C18H20Cl2N2O3S. The van der Waals surface area contributed by atoms with E-state index in [4.69, 9.17) is 23.2 Å². The van der Waals surface area contributed by atoms with Crippen LogP contribution in [-0.2, 0) is 21.2 Å². The Morgan fingerprint density at radius 3 is 2.42 bits per heavy atom. The lowest BCUT2D eigenvalue weighted by Crippen LogP contribution is -2.37. The molecule has 8 heteroatoms. The zero-order valence-electron chi connectivity index (χ0n) is 14.7. The zero-order chi connectivity index (χ0) is 19.5. The molecule has 140 valence electrons. The molecule has 2 rings (SSSR count). The molecule has 0 saturated heterocycles. The first kappa shape index (κ1) is 20.6. The van der Waals surface area contributed by atoms with Crippen molar-refractivity contribution < 1.29 is 13.2 Å². The Morgan fingerprint density at radius 1 is 1.15 bits per heavy atom. The van der Waals surface area contributed by atoms with Gasteiger partial charge in [0.05, 0.1) is 22.0 Å². The summed E-state index contributed by atoms with van der Waals surface area (Å²) in [5.74, 6) is -0.463. The van der Waals surface area contributed by atoms with E-state index in [1.165, 1.54) is 6.07 Å². The number of hydrogen-bond donors (Lipinski definition) is 1. The first-order valence-corrected chi connectivity index (χ1v) is 10.6. The Morgan fingerprint density at radius 2 is 1.81 bits per heavy atom. The minimum atomic E-state index is -3.74. The average molecular weight is 415 g/mol. The molecular weight excluding hydrogens is 395 g/mol. The van der Waals surface area contributed by atoms with Gasteiger partial charge in [0.1, 0.15) is 6.54 Å². The number of sulfonamides is 1. The number of carbonyl (C=O) groups is 1. The second-order valence-corrected chi connectivity index (χ2v) is 8.55. The molecule has 0 bridgehead atoms. The van der Waals surface area contributed by atoms with E-state index in [-0.39, 0.29) is 15.7 Å². The third-order valence-corrected chi connectivity index (χ3v) is 5.83. The van der Waals surface area contributed by atoms with Gasteiger partial charge >= 0.3 is 0 Å². The van der Waals surface area contributed by atoms with Crippen LogP contribution in [0.25, 0.3) is 0 Å². The smallest absolute Gasteiger partial charge is 0.245 e. The lowest BCUT2D eigenvalue weighted by atomic mass is 10.1. The molecule has 0 aromatic heterocycles. The standard InChI is InChI=1S/C18H20Cl2N2O3S/c1-4-13-8-5-7-12(2)18(13)21-16(23)11-22(26(3,24)25)15-10-6-9-14(19)17(15)20/h5-10H,4,11H2,1-3H3,(H,21,23). The molecule has 0 aliphatic carbocycles. The summed E-state index contributed by atoms with van der Waals surface area (Å²) in [4.78, 5) is 12.6. The number of hydrogen-bond acceptors (Lipinski definition) is 3. The highest BCUT2D eigenvalue weighted by atomic mass is 35.5. The van der Waals surface area contributed by atoms with E-state index in [1.807, 2.05) is 32.0 Å². The van der Waals surface area contributed by atoms with E-state index in [1.54, 1.807) is 12.1 Å². The van der Waals surface area contributed by atoms with E-state index in [0.29, 0.717) is 5.69 Å². The summed E-state index contributed by atoms with van der Waals surface area (Å²) < 4.78 is 25.4. The molecule has 0 radical (unpaired) electrons. The molecule has 0 spiro atoms. The number of carbonyl (C=O) groups excluding carboxylic acids is 1. The molecule has 2 aromatic rings. The number of amides is 1. The SMILES string of the molecule is CCc1cccc(C)c1NC(=O)CN(c1cccc(Cl)c1Cl)S(C)(=O)=O. The third kappa shape index (κ3) is 4.69. The Bertz CT molecular complexity index is 930. The minimum absolute atomic E-state index is 0.0810. The van der Waals surface area contributed by atoms with Crippen LogP contribution >= 0.6 is 23.2 Å². The number of aryl methyl sites for hydroxylation is 2. The third-order valence-electron chi connectivity index (χ3n) is 3.89. The van der Waals surface area contributed by atoms with Crippen LogP contribution < -0.4 is 9.62 Å². The van der Waals surface area contributed by atoms with Crippen molar-refractivity contribution in [2.45, 2.75) is 20.3 Å². The Hall–Kier alpha value is -1.76. The summed E-state index contributed by atoms with van der Waals surface area (Å²) in [7, 11) is -3.74. The molecule has 0 aliphatic rings. The van der Waals surface area contributed by atoms with E-state index in [0.717, 1.165) is 28.1 Å². The Kier molecular flexibility index (Phi) is 6.55. The number of nitrogens with zero attached hydrogens (tertiary/aromatic N) is 1. The molecule has 0 saturated carbocycles. The summed E-state index contributed by atoms with van der Waals surface area (Å²) in [6, 6.07) is 10.4. The topological polar surface area (TPSA) is 66.5 Å². The summed E-state index contributed by atoms with van der Waals surface area (Å²) in [5.41, 5.74) is 2.75. The van der Waals surface area contributed by atoms with Gasteiger partial charge in [-0.25, -0.2) is 8.42 Å². The van der Waals surface area contributed by atoms with Crippen LogP contribution in [0.15, 0.2) is 36.4 Å². The van der Waals surface area contributed by atoms with Gasteiger partial charge in [0, 0.05) is 5.69 Å². The van der Waals surface area contributed by atoms with Crippen molar-refractivity contribution >= 4 is 50.5 Å². The lowest BCUT2D eigenvalue weighted by Gasteiger charge is -2.23. The predicted molar refractivity (Wildman–Crippen MR) is 108 cm³/mol. The van der Waals surface area contributed by atoms with Gasteiger partial charge in [-0.3, -0.25) is 9.10 Å². The normalized spacial score (nSPS) is 11.3. The maximum Gasteiger partial charge on any atom is 0.245 e. The van der Waals surface area contributed by atoms with Crippen LogP contribution in [0.1, 0.15) is 18.1 Å². The van der Waals surface area contributed by atoms with Crippen LogP contribution in [0.5, 0.6) is 0 Å². The van der Waals surface area contributed by atoms with Crippen LogP contribution in [0.3, 0.4) is 0 Å². The van der Waals surface area contributed by atoms with Crippen LogP contribution in [-0.4, -0.2) is 27.1 Å². The quantitative estimate of drug-likeness (QED) is 0.767. The molecule has 0 heterocycles. The van der Waals surface area contributed by atoms with Gasteiger partial charge in [0.2, 0.25) is 15.9 Å². The first-order chi connectivity index (χ1) is 12.1. The monoisotopic (exact) mass is 414 g/mol. The fraction of sp³-hybridized carbons (Fsp3) is 0.278. The number of para-hydroxylation sites is 1. The molecule has 2 aromatic carbocycles.